The molecular weight excluding hydrogens is 346 g/mol. The molecule has 0 radical (unpaired) electrons. The SMILES string of the molecule is O=C(O)NC1(c2nc3c([nH]2)CCc2cc(Br)ccc2-3)CCC1. The van der Waals surface area contributed by atoms with Gasteiger partial charge in [0.05, 0.1) is 5.69 Å². The van der Waals surface area contributed by atoms with Crippen LogP contribution in [0.5, 0.6) is 0 Å². The number of hydrogen-bond acceptors (Lipinski definition) is 2. The van der Waals surface area contributed by atoms with Gasteiger partial charge in [0.1, 0.15) is 11.4 Å². The van der Waals surface area contributed by atoms with E-state index in [1.807, 2.05) is 6.07 Å². The summed E-state index contributed by atoms with van der Waals surface area (Å²) in [6, 6.07) is 6.25. The van der Waals surface area contributed by atoms with Gasteiger partial charge in [-0.15, -0.1) is 0 Å². The molecule has 2 aliphatic rings. The Hall–Kier alpha value is -1.82. The molecule has 0 unspecified atom stereocenters. The lowest BCUT2D eigenvalue weighted by molar-refractivity contribution is 0.139. The highest BCUT2D eigenvalue weighted by Gasteiger charge is 2.43. The number of imidazole rings is 1. The van der Waals surface area contributed by atoms with Gasteiger partial charge in [0, 0.05) is 15.7 Å². The average Bonchev–Trinajstić information content (AvgIpc) is 2.86. The van der Waals surface area contributed by atoms with Crippen molar-refractivity contribution in [3.05, 3.63) is 39.8 Å². The van der Waals surface area contributed by atoms with Gasteiger partial charge >= 0.3 is 6.09 Å². The van der Waals surface area contributed by atoms with Gasteiger partial charge in [-0.05, 0) is 49.8 Å². The molecule has 0 atom stereocenters. The monoisotopic (exact) mass is 361 g/mol. The summed E-state index contributed by atoms with van der Waals surface area (Å²) in [5, 5.41) is 11.8. The van der Waals surface area contributed by atoms with Crippen molar-refractivity contribution in [3.63, 3.8) is 0 Å². The normalized spacial score (nSPS) is 18.0. The number of hydrogen-bond donors (Lipinski definition) is 3. The van der Waals surface area contributed by atoms with Crippen LogP contribution in [0.15, 0.2) is 22.7 Å². The summed E-state index contributed by atoms with van der Waals surface area (Å²) in [7, 11) is 0. The maximum atomic E-state index is 11.1. The van der Waals surface area contributed by atoms with E-state index in [9.17, 15) is 4.79 Å². The van der Waals surface area contributed by atoms with E-state index < -0.39 is 11.6 Å². The van der Waals surface area contributed by atoms with Crippen LogP contribution in [0.25, 0.3) is 11.3 Å². The van der Waals surface area contributed by atoms with E-state index in [0.717, 1.165) is 59.4 Å². The summed E-state index contributed by atoms with van der Waals surface area (Å²) >= 11 is 3.51. The van der Waals surface area contributed by atoms with Crippen molar-refractivity contribution in [3.8, 4) is 11.3 Å². The Bertz CT molecular complexity index is 765. The first-order valence-electron chi connectivity index (χ1n) is 7.47. The first-order chi connectivity index (χ1) is 10.6. The van der Waals surface area contributed by atoms with Crippen molar-refractivity contribution >= 4 is 22.0 Å². The maximum absolute atomic E-state index is 11.1. The van der Waals surface area contributed by atoms with Gasteiger partial charge in [0.25, 0.3) is 0 Å². The van der Waals surface area contributed by atoms with Crippen LogP contribution in [-0.4, -0.2) is 21.2 Å². The first-order valence-corrected chi connectivity index (χ1v) is 8.26. The third kappa shape index (κ3) is 2.05. The summed E-state index contributed by atoms with van der Waals surface area (Å²) in [5.41, 5.74) is 4.00. The number of nitrogens with zero attached hydrogens (tertiary/aromatic N) is 1. The molecule has 1 aromatic heterocycles. The number of halogens is 1. The third-order valence-corrected chi connectivity index (χ3v) is 5.25. The van der Waals surface area contributed by atoms with Crippen LogP contribution in [0, 0.1) is 0 Å². The van der Waals surface area contributed by atoms with Gasteiger partial charge in [-0.25, -0.2) is 9.78 Å². The van der Waals surface area contributed by atoms with E-state index in [1.54, 1.807) is 0 Å². The molecule has 1 amide bonds. The zero-order valence-electron chi connectivity index (χ0n) is 11.9. The molecule has 22 heavy (non-hydrogen) atoms. The van der Waals surface area contributed by atoms with Gasteiger partial charge in [0.15, 0.2) is 0 Å². The number of aromatic nitrogens is 2. The number of H-pyrrole nitrogens is 1. The maximum Gasteiger partial charge on any atom is 0.405 e. The molecule has 2 aliphatic carbocycles. The fourth-order valence-electron chi connectivity index (χ4n) is 3.46. The predicted octanol–water partition coefficient (Wildman–Crippen LogP) is 3.58. The molecule has 2 aromatic rings. The van der Waals surface area contributed by atoms with Crippen LogP contribution >= 0.6 is 15.9 Å². The van der Waals surface area contributed by atoms with Gasteiger partial charge < -0.3 is 15.4 Å². The number of carbonyl (C=O) groups is 1. The summed E-state index contributed by atoms with van der Waals surface area (Å²) in [6.07, 6.45) is 3.53. The molecule has 0 aliphatic heterocycles. The quantitative estimate of drug-likeness (QED) is 0.764. The number of aromatic amines is 1. The Morgan fingerprint density at radius 2 is 2.18 bits per heavy atom. The molecule has 6 heteroatoms. The molecule has 1 aromatic carbocycles. The highest BCUT2D eigenvalue weighted by Crippen LogP contribution is 2.42. The van der Waals surface area contributed by atoms with E-state index in [0.29, 0.717) is 0 Å². The van der Waals surface area contributed by atoms with E-state index in [4.69, 9.17) is 10.1 Å². The average molecular weight is 362 g/mol. The largest absolute Gasteiger partial charge is 0.465 e. The van der Waals surface area contributed by atoms with Crippen molar-refractivity contribution in [2.75, 3.05) is 0 Å². The fourth-order valence-corrected chi connectivity index (χ4v) is 3.86. The topological polar surface area (TPSA) is 78.0 Å². The Kier molecular flexibility index (Phi) is 3.04. The predicted molar refractivity (Wildman–Crippen MR) is 85.8 cm³/mol. The number of carboxylic acid groups (broad SMARTS) is 1. The minimum atomic E-state index is -0.988. The molecule has 1 fully saturated rings. The number of amides is 1. The Balaban J connectivity index is 1.77. The number of aryl methyl sites for hydroxylation is 2. The second-order valence-corrected chi connectivity index (χ2v) is 7.00. The minimum Gasteiger partial charge on any atom is -0.465 e. The second kappa shape index (κ2) is 4.84. The van der Waals surface area contributed by atoms with Gasteiger partial charge in [-0.3, -0.25) is 0 Å². The van der Waals surface area contributed by atoms with E-state index in [-0.39, 0.29) is 0 Å². The molecule has 1 heterocycles. The number of rotatable bonds is 2. The molecule has 5 nitrogen and oxygen atoms in total. The highest BCUT2D eigenvalue weighted by molar-refractivity contribution is 9.10. The molecule has 0 saturated heterocycles. The van der Waals surface area contributed by atoms with E-state index in [2.05, 4.69) is 38.4 Å². The van der Waals surface area contributed by atoms with Crippen LogP contribution in [0.4, 0.5) is 4.79 Å². The van der Waals surface area contributed by atoms with Crippen molar-refractivity contribution < 1.29 is 9.90 Å². The van der Waals surface area contributed by atoms with Crippen LogP contribution in [-0.2, 0) is 18.4 Å². The van der Waals surface area contributed by atoms with E-state index in [1.165, 1.54) is 5.56 Å². The highest BCUT2D eigenvalue weighted by atomic mass is 79.9. The van der Waals surface area contributed by atoms with Crippen LogP contribution < -0.4 is 5.32 Å². The van der Waals surface area contributed by atoms with E-state index >= 15 is 0 Å². The smallest absolute Gasteiger partial charge is 0.405 e. The van der Waals surface area contributed by atoms with Gasteiger partial charge in [0.2, 0.25) is 0 Å². The Morgan fingerprint density at radius 3 is 2.86 bits per heavy atom. The fraction of sp³-hybridized carbons (Fsp3) is 0.375. The standard InChI is InChI=1S/C16H16BrN3O2/c17-10-3-4-11-9(8-10)2-5-12-13(11)19-14(18-12)16(6-1-7-16)20-15(21)22/h3-4,8,20H,1-2,5-7H2,(H,18,19)(H,21,22). The minimum absolute atomic E-state index is 0.529. The van der Waals surface area contributed by atoms with Crippen molar-refractivity contribution in [1.82, 2.24) is 15.3 Å². The molecule has 1 saturated carbocycles. The lowest BCUT2D eigenvalue weighted by Crippen LogP contribution is -2.51. The van der Waals surface area contributed by atoms with Crippen LogP contribution in [0.3, 0.4) is 0 Å². The zero-order valence-corrected chi connectivity index (χ0v) is 13.5. The molecule has 3 N–H and O–H groups in total. The summed E-state index contributed by atoms with van der Waals surface area (Å²) < 4.78 is 1.08. The zero-order chi connectivity index (χ0) is 15.3. The lowest BCUT2D eigenvalue weighted by Gasteiger charge is -2.39. The third-order valence-electron chi connectivity index (χ3n) is 4.75. The molecule has 114 valence electrons. The van der Waals surface area contributed by atoms with Crippen molar-refractivity contribution in [2.24, 2.45) is 0 Å². The first kappa shape index (κ1) is 13.8. The van der Waals surface area contributed by atoms with Crippen molar-refractivity contribution in [2.45, 2.75) is 37.6 Å². The summed E-state index contributed by atoms with van der Waals surface area (Å²) in [5.74, 6) is 0.766. The Morgan fingerprint density at radius 1 is 1.36 bits per heavy atom. The van der Waals surface area contributed by atoms with Gasteiger partial charge in [-0.2, -0.15) is 0 Å². The van der Waals surface area contributed by atoms with Crippen LogP contribution in [0.1, 0.15) is 36.3 Å². The summed E-state index contributed by atoms with van der Waals surface area (Å²) in [4.78, 5) is 19.3. The van der Waals surface area contributed by atoms with Gasteiger partial charge in [-0.1, -0.05) is 22.0 Å². The number of fused-ring (bicyclic) bond motifs is 3. The van der Waals surface area contributed by atoms with Crippen molar-refractivity contribution in [1.29, 1.82) is 0 Å². The summed E-state index contributed by atoms with van der Waals surface area (Å²) in [6.45, 7) is 0. The molecular formula is C16H16BrN3O2. The second-order valence-electron chi connectivity index (χ2n) is 6.08. The number of nitrogens with one attached hydrogen (secondary N) is 2. The lowest BCUT2D eigenvalue weighted by atomic mass is 9.76. The molecule has 0 spiro atoms. The molecule has 4 rings (SSSR count). The van der Waals surface area contributed by atoms with Crippen LogP contribution in [0.2, 0.25) is 0 Å². The molecule has 0 bridgehead atoms. The Labute approximate surface area is 136 Å². The number of benzene rings is 1.